The van der Waals surface area contributed by atoms with Crippen molar-refractivity contribution in [1.82, 2.24) is 24.8 Å². The first kappa shape index (κ1) is 14.4. The van der Waals surface area contributed by atoms with E-state index < -0.39 is 0 Å². The third-order valence-corrected chi connectivity index (χ3v) is 4.86. The zero-order valence-corrected chi connectivity index (χ0v) is 13.1. The summed E-state index contributed by atoms with van der Waals surface area (Å²) in [6.45, 7) is 3.75. The minimum Gasteiger partial charge on any atom is -0.334 e. The number of amides is 1. The first-order chi connectivity index (χ1) is 11.3. The number of nitrogens with zero attached hydrogens (tertiary/aromatic N) is 5. The molecule has 0 bridgehead atoms. The molecule has 1 amide bonds. The van der Waals surface area contributed by atoms with Gasteiger partial charge in [0.15, 0.2) is 5.69 Å². The molecular formula is C17H21N5O. The second kappa shape index (κ2) is 6.12. The summed E-state index contributed by atoms with van der Waals surface area (Å²) in [6, 6.07) is 10.3. The summed E-state index contributed by atoms with van der Waals surface area (Å²) in [5.41, 5.74) is 1.34. The maximum atomic E-state index is 12.7. The van der Waals surface area contributed by atoms with Crippen LogP contribution in [0.5, 0.6) is 0 Å². The van der Waals surface area contributed by atoms with Gasteiger partial charge in [0, 0.05) is 25.7 Å². The highest BCUT2D eigenvalue weighted by atomic mass is 16.2. The fourth-order valence-corrected chi connectivity index (χ4v) is 3.57. The third kappa shape index (κ3) is 2.86. The summed E-state index contributed by atoms with van der Waals surface area (Å²) in [5.74, 6) is -0.00240. The molecule has 0 unspecified atom stereocenters. The molecule has 6 nitrogen and oxygen atoms in total. The molecule has 2 aliphatic heterocycles. The van der Waals surface area contributed by atoms with Crippen LogP contribution in [0.1, 0.15) is 29.8 Å². The van der Waals surface area contributed by atoms with Crippen LogP contribution in [0.2, 0.25) is 0 Å². The van der Waals surface area contributed by atoms with Crippen molar-refractivity contribution >= 4 is 5.91 Å². The molecule has 6 heteroatoms. The van der Waals surface area contributed by atoms with Crippen LogP contribution in [0.3, 0.4) is 0 Å². The molecule has 120 valence electrons. The molecule has 2 saturated heterocycles. The molecular weight excluding hydrogens is 290 g/mol. The van der Waals surface area contributed by atoms with Crippen molar-refractivity contribution in [2.45, 2.75) is 25.3 Å². The Hall–Kier alpha value is -2.21. The molecule has 1 aromatic carbocycles. The second-order valence-electron chi connectivity index (χ2n) is 6.32. The van der Waals surface area contributed by atoms with Crippen molar-refractivity contribution in [1.29, 1.82) is 0 Å². The van der Waals surface area contributed by atoms with Gasteiger partial charge in [-0.15, -0.1) is 5.10 Å². The van der Waals surface area contributed by atoms with Crippen LogP contribution in [0, 0.1) is 0 Å². The second-order valence-corrected chi connectivity index (χ2v) is 6.32. The number of piperazine rings is 1. The van der Waals surface area contributed by atoms with Gasteiger partial charge in [-0.2, -0.15) is 0 Å². The number of benzene rings is 1. The Morgan fingerprint density at radius 2 is 1.96 bits per heavy atom. The number of carbonyl (C=O) groups excluding carboxylic acids is 1. The van der Waals surface area contributed by atoms with Gasteiger partial charge in [0.1, 0.15) is 0 Å². The molecule has 0 radical (unpaired) electrons. The van der Waals surface area contributed by atoms with Crippen LogP contribution >= 0.6 is 0 Å². The van der Waals surface area contributed by atoms with Crippen LogP contribution in [0.15, 0.2) is 36.5 Å². The molecule has 0 N–H and O–H groups in total. The topological polar surface area (TPSA) is 54.3 Å². The van der Waals surface area contributed by atoms with Gasteiger partial charge in [0.05, 0.1) is 11.9 Å². The normalized spacial score (nSPS) is 21.9. The Kier molecular flexibility index (Phi) is 3.83. The molecule has 4 rings (SSSR count). The van der Waals surface area contributed by atoms with Gasteiger partial charge in [-0.1, -0.05) is 29.8 Å². The number of hydrogen-bond acceptors (Lipinski definition) is 4. The molecule has 0 spiro atoms. The SMILES string of the molecule is O=C(c1cn(-c2ccccc2)nn1)N1CCN2CCCC[C@H]2C1. The van der Waals surface area contributed by atoms with Crippen molar-refractivity contribution in [3.8, 4) is 5.69 Å². The molecule has 1 atom stereocenters. The van der Waals surface area contributed by atoms with E-state index >= 15 is 0 Å². The Bertz CT molecular complexity index is 683. The van der Waals surface area contributed by atoms with E-state index in [-0.39, 0.29) is 5.91 Å². The van der Waals surface area contributed by atoms with Crippen LogP contribution in [-0.4, -0.2) is 62.9 Å². The minimum absolute atomic E-state index is 0.00240. The molecule has 3 heterocycles. The van der Waals surface area contributed by atoms with Gasteiger partial charge >= 0.3 is 0 Å². The van der Waals surface area contributed by atoms with E-state index in [4.69, 9.17) is 0 Å². The summed E-state index contributed by atoms with van der Waals surface area (Å²) < 4.78 is 1.66. The Morgan fingerprint density at radius 1 is 1.09 bits per heavy atom. The highest BCUT2D eigenvalue weighted by Gasteiger charge is 2.32. The highest BCUT2D eigenvalue weighted by molar-refractivity contribution is 5.92. The summed E-state index contributed by atoms with van der Waals surface area (Å²) in [4.78, 5) is 17.2. The minimum atomic E-state index is -0.00240. The number of para-hydroxylation sites is 1. The highest BCUT2D eigenvalue weighted by Crippen LogP contribution is 2.22. The van der Waals surface area contributed by atoms with E-state index in [9.17, 15) is 4.79 Å². The molecule has 2 fully saturated rings. The van der Waals surface area contributed by atoms with E-state index in [1.165, 1.54) is 25.8 Å². The van der Waals surface area contributed by atoms with E-state index in [0.29, 0.717) is 11.7 Å². The Morgan fingerprint density at radius 3 is 2.83 bits per heavy atom. The van der Waals surface area contributed by atoms with E-state index in [0.717, 1.165) is 25.3 Å². The van der Waals surface area contributed by atoms with Gasteiger partial charge in [0.25, 0.3) is 5.91 Å². The largest absolute Gasteiger partial charge is 0.334 e. The molecule has 1 aromatic heterocycles. The monoisotopic (exact) mass is 311 g/mol. The van der Waals surface area contributed by atoms with E-state index in [2.05, 4.69) is 15.2 Å². The van der Waals surface area contributed by atoms with Gasteiger partial charge in [-0.25, -0.2) is 4.68 Å². The average molecular weight is 311 g/mol. The Labute approximate surface area is 135 Å². The third-order valence-electron chi connectivity index (χ3n) is 4.86. The number of fused-ring (bicyclic) bond motifs is 1. The van der Waals surface area contributed by atoms with E-state index in [1.54, 1.807) is 10.9 Å². The smallest absolute Gasteiger partial charge is 0.276 e. The van der Waals surface area contributed by atoms with Crippen molar-refractivity contribution in [3.63, 3.8) is 0 Å². The van der Waals surface area contributed by atoms with Crippen molar-refractivity contribution < 1.29 is 4.79 Å². The van der Waals surface area contributed by atoms with E-state index in [1.807, 2.05) is 35.2 Å². The van der Waals surface area contributed by atoms with Gasteiger partial charge in [-0.3, -0.25) is 9.69 Å². The van der Waals surface area contributed by atoms with Crippen LogP contribution in [0.25, 0.3) is 5.69 Å². The van der Waals surface area contributed by atoms with Gasteiger partial charge < -0.3 is 4.90 Å². The van der Waals surface area contributed by atoms with Gasteiger partial charge in [-0.05, 0) is 31.5 Å². The standard InChI is InChI=1S/C17H21N5O/c23-17(21-11-10-20-9-5-4-8-15(20)12-21)16-13-22(19-18-16)14-6-2-1-3-7-14/h1-3,6-7,13,15H,4-5,8-12H2/t15-/m0/s1. The van der Waals surface area contributed by atoms with Gasteiger partial charge in [0.2, 0.25) is 0 Å². The summed E-state index contributed by atoms with van der Waals surface area (Å²) in [6.07, 6.45) is 5.48. The first-order valence-electron chi connectivity index (χ1n) is 8.32. The molecule has 0 aliphatic carbocycles. The number of rotatable bonds is 2. The molecule has 23 heavy (non-hydrogen) atoms. The number of piperidine rings is 1. The van der Waals surface area contributed by atoms with Crippen LogP contribution < -0.4 is 0 Å². The molecule has 2 aliphatic rings. The lowest BCUT2D eigenvalue weighted by atomic mass is 9.99. The summed E-state index contributed by atoms with van der Waals surface area (Å²) in [7, 11) is 0. The van der Waals surface area contributed by atoms with Crippen LogP contribution in [0.4, 0.5) is 0 Å². The van der Waals surface area contributed by atoms with Crippen molar-refractivity contribution in [2.24, 2.45) is 0 Å². The predicted molar refractivity (Wildman–Crippen MR) is 86.5 cm³/mol. The fraction of sp³-hybridized carbons (Fsp3) is 0.471. The van der Waals surface area contributed by atoms with Crippen molar-refractivity contribution in [3.05, 3.63) is 42.2 Å². The average Bonchev–Trinajstić information content (AvgIpc) is 3.11. The number of carbonyl (C=O) groups is 1. The zero-order chi connectivity index (χ0) is 15.6. The molecule has 2 aromatic rings. The summed E-state index contributed by atoms with van der Waals surface area (Å²) in [5, 5.41) is 8.17. The lowest BCUT2D eigenvalue weighted by Gasteiger charge is -2.43. The van der Waals surface area contributed by atoms with Crippen LogP contribution in [-0.2, 0) is 0 Å². The predicted octanol–water partition coefficient (Wildman–Crippen LogP) is 1.58. The lowest BCUT2D eigenvalue weighted by molar-refractivity contribution is 0.0368. The first-order valence-corrected chi connectivity index (χ1v) is 8.32. The zero-order valence-electron chi connectivity index (χ0n) is 13.1. The fourth-order valence-electron chi connectivity index (χ4n) is 3.57. The maximum absolute atomic E-state index is 12.7. The maximum Gasteiger partial charge on any atom is 0.276 e. The van der Waals surface area contributed by atoms with Crippen molar-refractivity contribution in [2.75, 3.05) is 26.2 Å². The number of aromatic nitrogens is 3. The summed E-state index contributed by atoms with van der Waals surface area (Å²) >= 11 is 0. The Balaban J connectivity index is 1.48. The lowest BCUT2D eigenvalue weighted by Crippen LogP contribution is -2.56. The quantitative estimate of drug-likeness (QED) is 0.845. The number of hydrogen-bond donors (Lipinski definition) is 0. The molecule has 0 saturated carbocycles.